The van der Waals surface area contributed by atoms with E-state index in [4.69, 9.17) is 4.74 Å². The zero-order valence-electron chi connectivity index (χ0n) is 17.6. The van der Waals surface area contributed by atoms with Crippen LogP contribution in [0.2, 0.25) is 0 Å². The fraction of sp³-hybridized carbons (Fsp3) is 0.375. The molecule has 0 saturated carbocycles. The molecular weight excluding hydrogens is 394 g/mol. The quantitative estimate of drug-likeness (QED) is 0.673. The zero-order chi connectivity index (χ0) is 21.8. The van der Waals surface area contributed by atoms with Gasteiger partial charge in [0.1, 0.15) is 11.8 Å². The number of hydrogen-bond donors (Lipinski definition) is 2. The van der Waals surface area contributed by atoms with E-state index in [0.29, 0.717) is 5.75 Å². The number of carbonyl (C=O) groups is 3. The van der Waals surface area contributed by atoms with Gasteiger partial charge < -0.3 is 15.4 Å². The van der Waals surface area contributed by atoms with Crippen molar-refractivity contribution >= 4 is 17.8 Å². The zero-order valence-corrected chi connectivity index (χ0v) is 17.6. The first-order chi connectivity index (χ1) is 15.0. The van der Waals surface area contributed by atoms with Gasteiger partial charge in [-0.25, -0.2) is 4.79 Å². The number of imide groups is 1. The molecule has 1 fully saturated rings. The Bertz CT molecular complexity index is 973. The highest BCUT2D eigenvalue weighted by Gasteiger charge is 2.38. The van der Waals surface area contributed by atoms with E-state index in [2.05, 4.69) is 22.8 Å². The number of fused-ring (bicyclic) bond motifs is 1. The molecule has 7 heteroatoms. The summed E-state index contributed by atoms with van der Waals surface area (Å²) in [5, 5.41) is 5.80. The number of methoxy groups -OCH3 is 1. The minimum Gasteiger partial charge on any atom is -0.497 e. The maximum atomic E-state index is 12.7. The van der Waals surface area contributed by atoms with Crippen LogP contribution in [0.3, 0.4) is 0 Å². The molecule has 1 aliphatic carbocycles. The van der Waals surface area contributed by atoms with E-state index in [1.54, 1.807) is 19.2 Å². The van der Waals surface area contributed by atoms with Crippen LogP contribution in [0.15, 0.2) is 48.5 Å². The molecule has 162 valence electrons. The predicted octanol–water partition coefficient (Wildman–Crippen LogP) is 3.09. The Morgan fingerprint density at radius 2 is 1.94 bits per heavy atom. The predicted molar refractivity (Wildman–Crippen MR) is 115 cm³/mol. The molecule has 0 spiro atoms. The Hall–Kier alpha value is -3.35. The van der Waals surface area contributed by atoms with Gasteiger partial charge in [0.2, 0.25) is 5.91 Å². The summed E-state index contributed by atoms with van der Waals surface area (Å²) in [7, 11) is 1.58. The van der Waals surface area contributed by atoms with Crippen molar-refractivity contribution in [2.24, 2.45) is 0 Å². The monoisotopic (exact) mass is 421 g/mol. The van der Waals surface area contributed by atoms with Crippen LogP contribution in [0.1, 0.15) is 48.4 Å². The first-order valence-electron chi connectivity index (χ1n) is 10.7. The van der Waals surface area contributed by atoms with E-state index in [1.165, 1.54) is 16.0 Å². The molecule has 2 N–H and O–H groups in total. The fourth-order valence-corrected chi connectivity index (χ4v) is 4.28. The van der Waals surface area contributed by atoms with Crippen LogP contribution in [0.25, 0.3) is 0 Å². The van der Waals surface area contributed by atoms with Crippen molar-refractivity contribution in [2.75, 3.05) is 7.11 Å². The molecule has 1 saturated heterocycles. The van der Waals surface area contributed by atoms with Crippen LogP contribution in [-0.4, -0.2) is 35.9 Å². The molecule has 4 amide bonds. The third kappa shape index (κ3) is 4.71. The maximum Gasteiger partial charge on any atom is 0.325 e. The summed E-state index contributed by atoms with van der Waals surface area (Å²) < 4.78 is 5.13. The maximum absolute atomic E-state index is 12.7. The van der Waals surface area contributed by atoms with Gasteiger partial charge in [0.05, 0.1) is 19.7 Å². The van der Waals surface area contributed by atoms with Crippen molar-refractivity contribution in [1.82, 2.24) is 15.5 Å². The third-order valence-electron chi connectivity index (χ3n) is 5.97. The molecule has 2 aromatic rings. The van der Waals surface area contributed by atoms with Gasteiger partial charge in [0.25, 0.3) is 5.91 Å². The molecule has 1 heterocycles. The molecule has 0 aromatic heterocycles. The second-order valence-electron chi connectivity index (χ2n) is 8.02. The molecular formula is C24H27N3O4. The van der Waals surface area contributed by atoms with Gasteiger partial charge >= 0.3 is 6.03 Å². The second-order valence-corrected chi connectivity index (χ2v) is 8.02. The van der Waals surface area contributed by atoms with Crippen LogP contribution in [-0.2, 0) is 22.6 Å². The lowest BCUT2D eigenvalue weighted by atomic mass is 9.87. The summed E-state index contributed by atoms with van der Waals surface area (Å²) in [5.41, 5.74) is 3.29. The molecule has 2 atom stereocenters. The van der Waals surface area contributed by atoms with Crippen LogP contribution >= 0.6 is 0 Å². The van der Waals surface area contributed by atoms with Crippen molar-refractivity contribution in [3.05, 3.63) is 65.2 Å². The minimum atomic E-state index is -0.671. The molecule has 0 unspecified atom stereocenters. The molecule has 1 aliphatic heterocycles. The van der Waals surface area contributed by atoms with Crippen molar-refractivity contribution in [3.8, 4) is 5.75 Å². The van der Waals surface area contributed by atoms with E-state index in [-0.39, 0.29) is 37.2 Å². The average molecular weight is 421 g/mol. The number of nitrogens with one attached hydrogen (secondary N) is 2. The second kappa shape index (κ2) is 9.20. The molecule has 2 aromatic carbocycles. The van der Waals surface area contributed by atoms with Gasteiger partial charge in [-0.15, -0.1) is 0 Å². The lowest BCUT2D eigenvalue weighted by Gasteiger charge is -2.26. The number of hydrogen-bond acceptors (Lipinski definition) is 4. The van der Waals surface area contributed by atoms with Crippen LogP contribution in [0.4, 0.5) is 4.79 Å². The Labute approximate surface area is 181 Å². The summed E-state index contributed by atoms with van der Waals surface area (Å²) in [4.78, 5) is 38.7. The molecule has 0 radical (unpaired) electrons. The van der Waals surface area contributed by atoms with E-state index in [1.807, 2.05) is 24.3 Å². The number of nitrogens with zero attached hydrogens (tertiary/aromatic N) is 1. The topological polar surface area (TPSA) is 87.7 Å². The number of benzene rings is 2. The Morgan fingerprint density at radius 1 is 1.16 bits per heavy atom. The first-order valence-corrected chi connectivity index (χ1v) is 10.7. The van der Waals surface area contributed by atoms with Crippen molar-refractivity contribution in [2.45, 2.75) is 50.7 Å². The molecule has 4 rings (SSSR count). The molecule has 0 bridgehead atoms. The van der Waals surface area contributed by atoms with Crippen LogP contribution in [0.5, 0.6) is 5.75 Å². The van der Waals surface area contributed by atoms with Gasteiger partial charge in [0, 0.05) is 6.42 Å². The average Bonchev–Trinajstić information content (AvgIpc) is 3.06. The van der Waals surface area contributed by atoms with Gasteiger partial charge in [-0.3, -0.25) is 14.5 Å². The lowest BCUT2D eigenvalue weighted by molar-refractivity contribution is -0.128. The molecule has 31 heavy (non-hydrogen) atoms. The van der Waals surface area contributed by atoms with E-state index < -0.39 is 12.1 Å². The highest BCUT2D eigenvalue weighted by molar-refractivity contribution is 6.04. The summed E-state index contributed by atoms with van der Waals surface area (Å²) in [6, 6.07) is 14.3. The Balaban J connectivity index is 1.30. The molecule has 2 aliphatic rings. The number of carbonyl (C=O) groups excluding carboxylic acids is 3. The minimum absolute atomic E-state index is 0.0119. The van der Waals surface area contributed by atoms with Gasteiger partial charge in [-0.2, -0.15) is 0 Å². The van der Waals surface area contributed by atoms with E-state index >= 15 is 0 Å². The lowest BCUT2D eigenvalue weighted by Crippen LogP contribution is -2.34. The Kier molecular flexibility index (Phi) is 6.21. The highest BCUT2D eigenvalue weighted by Crippen LogP contribution is 2.29. The number of ether oxygens (including phenoxy) is 1. The standard InChI is InChI=1S/C24H27N3O4/c1-31-18-11-9-16(10-12-18)15-27-23(29)21(26-24(27)30)13-14-22(28)25-20-8-4-6-17-5-2-3-7-19(17)20/h2-3,5,7,9-12,20-21H,4,6,8,13-15H2,1H3,(H,25,28)(H,26,30)/t20-,21+/m1/s1. The third-order valence-corrected chi connectivity index (χ3v) is 5.97. The number of urea groups is 1. The fourth-order valence-electron chi connectivity index (χ4n) is 4.28. The van der Waals surface area contributed by atoms with E-state index in [9.17, 15) is 14.4 Å². The van der Waals surface area contributed by atoms with Crippen molar-refractivity contribution in [3.63, 3.8) is 0 Å². The van der Waals surface area contributed by atoms with Crippen molar-refractivity contribution in [1.29, 1.82) is 0 Å². The summed E-state index contributed by atoms with van der Waals surface area (Å²) in [5.74, 6) is 0.319. The van der Waals surface area contributed by atoms with Gasteiger partial charge in [-0.05, 0) is 54.5 Å². The number of aryl methyl sites for hydroxylation is 1. The van der Waals surface area contributed by atoms with Gasteiger partial charge in [-0.1, -0.05) is 36.4 Å². The smallest absolute Gasteiger partial charge is 0.325 e. The highest BCUT2D eigenvalue weighted by atomic mass is 16.5. The van der Waals surface area contributed by atoms with Crippen LogP contribution < -0.4 is 15.4 Å². The first kappa shape index (κ1) is 20.9. The summed E-state index contributed by atoms with van der Waals surface area (Å²) in [6.45, 7) is 0.191. The van der Waals surface area contributed by atoms with Crippen molar-refractivity contribution < 1.29 is 19.1 Å². The van der Waals surface area contributed by atoms with E-state index in [0.717, 1.165) is 24.8 Å². The number of amides is 4. The Morgan fingerprint density at radius 3 is 2.71 bits per heavy atom. The SMILES string of the molecule is COc1ccc(CN2C(=O)N[C@@H](CCC(=O)N[C@@H]3CCCc4ccccc43)C2=O)cc1. The normalized spacial score (nSPS) is 20.2. The number of rotatable bonds is 7. The van der Waals surface area contributed by atoms with Gasteiger partial charge in [0.15, 0.2) is 0 Å². The summed E-state index contributed by atoms with van der Waals surface area (Å²) in [6.07, 6.45) is 3.46. The summed E-state index contributed by atoms with van der Waals surface area (Å²) >= 11 is 0. The molecule has 7 nitrogen and oxygen atoms in total. The van der Waals surface area contributed by atoms with Crippen LogP contribution in [0, 0.1) is 0 Å². The largest absolute Gasteiger partial charge is 0.497 e.